The molecule has 2 aliphatic carbocycles. The topological polar surface area (TPSA) is 43.4 Å². The van der Waals surface area contributed by atoms with Crippen molar-refractivity contribution >= 4 is 11.8 Å². The van der Waals surface area contributed by atoms with Crippen LogP contribution in [0.1, 0.15) is 98.0 Å². The second kappa shape index (κ2) is 10.7. The number of carbonyl (C=O) groups is 2. The van der Waals surface area contributed by atoms with Crippen LogP contribution in [-0.2, 0) is 9.53 Å². The highest BCUT2D eigenvalue weighted by atomic mass is 16.5. The summed E-state index contributed by atoms with van der Waals surface area (Å²) in [6.45, 7) is 0. The molecule has 0 aromatic heterocycles. The van der Waals surface area contributed by atoms with Gasteiger partial charge in [-0.1, -0.05) is 87.1 Å². The fraction of sp³-hybridized carbons (Fsp3) is 0.500. The first-order chi connectivity index (χ1) is 15.2. The molecule has 4 rings (SSSR count). The van der Waals surface area contributed by atoms with Gasteiger partial charge in [0.15, 0.2) is 5.78 Å². The summed E-state index contributed by atoms with van der Waals surface area (Å²) in [7, 11) is 0. The summed E-state index contributed by atoms with van der Waals surface area (Å²) in [4.78, 5) is 26.3. The number of ketones is 1. The Morgan fingerprint density at radius 1 is 0.774 bits per heavy atom. The highest BCUT2D eigenvalue weighted by Crippen LogP contribution is 2.35. The summed E-state index contributed by atoms with van der Waals surface area (Å²) in [5, 5.41) is 0. The predicted octanol–water partition coefficient (Wildman–Crippen LogP) is 6.85. The van der Waals surface area contributed by atoms with Gasteiger partial charge in [0.05, 0.1) is 5.92 Å². The zero-order valence-corrected chi connectivity index (χ0v) is 18.4. The van der Waals surface area contributed by atoms with Gasteiger partial charge in [-0.15, -0.1) is 0 Å². The van der Waals surface area contributed by atoms with Gasteiger partial charge >= 0.3 is 5.97 Å². The van der Waals surface area contributed by atoms with E-state index in [1.165, 1.54) is 38.5 Å². The van der Waals surface area contributed by atoms with Crippen LogP contribution in [0.5, 0.6) is 0 Å². The minimum Gasteiger partial charge on any atom is -0.462 e. The number of hydrogen-bond acceptors (Lipinski definition) is 3. The number of hydrogen-bond donors (Lipinski definition) is 0. The molecule has 0 aliphatic heterocycles. The lowest BCUT2D eigenvalue weighted by molar-refractivity contribution is -0.153. The molecule has 164 valence electrons. The largest absolute Gasteiger partial charge is 0.462 e. The molecule has 31 heavy (non-hydrogen) atoms. The minimum absolute atomic E-state index is 0.000450. The highest BCUT2D eigenvalue weighted by molar-refractivity contribution is 6.09. The van der Waals surface area contributed by atoms with Crippen LogP contribution in [0.15, 0.2) is 54.6 Å². The van der Waals surface area contributed by atoms with Gasteiger partial charge < -0.3 is 4.74 Å². The molecule has 0 heterocycles. The summed E-state index contributed by atoms with van der Waals surface area (Å²) >= 11 is 0. The van der Waals surface area contributed by atoms with Crippen LogP contribution in [0.25, 0.3) is 0 Å². The summed E-state index contributed by atoms with van der Waals surface area (Å²) in [5.74, 6) is 0.181. The number of esters is 1. The van der Waals surface area contributed by atoms with E-state index in [0.29, 0.717) is 17.0 Å². The van der Waals surface area contributed by atoms with Crippen LogP contribution in [-0.4, -0.2) is 17.9 Å². The molecule has 0 saturated heterocycles. The van der Waals surface area contributed by atoms with Gasteiger partial charge in [0.1, 0.15) is 6.10 Å². The monoisotopic (exact) mass is 418 g/mol. The molecule has 1 unspecified atom stereocenters. The molecule has 2 aliphatic rings. The molecule has 2 aromatic carbocycles. The van der Waals surface area contributed by atoms with Crippen LogP contribution in [0, 0.1) is 5.92 Å². The summed E-state index contributed by atoms with van der Waals surface area (Å²) < 4.78 is 6.01. The van der Waals surface area contributed by atoms with Crippen LogP contribution >= 0.6 is 0 Å². The van der Waals surface area contributed by atoms with Crippen molar-refractivity contribution < 1.29 is 14.3 Å². The number of rotatable bonds is 7. The quantitative estimate of drug-likeness (QED) is 0.365. The van der Waals surface area contributed by atoms with E-state index in [-0.39, 0.29) is 23.8 Å². The summed E-state index contributed by atoms with van der Waals surface area (Å²) in [5.41, 5.74) is 2.24. The summed E-state index contributed by atoms with van der Waals surface area (Å²) in [6.07, 6.45) is 12.6. The maximum absolute atomic E-state index is 13.3. The maximum Gasteiger partial charge on any atom is 0.313 e. The molecule has 3 heteroatoms. The predicted molar refractivity (Wildman–Crippen MR) is 123 cm³/mol. The second-order valence-electron chi connectivity index (χ2n) is 9.31. The molecule has 0 radical (unpaired) electrons. The zero-order valence-electron chi connectivity index (χ0n) is 18.4. The fourth-order valence-corrected chi connectivity index (χ4v) is 5.21. The molecule has 1 atom stereocenters. The third-order valence-electron chi connectivity index (χ3n) is 7.00. The molecule has 0 bridgehead atoms. The van der Waals surface area contributed by atoms with E-state index >= 15 is 0 Å². The van der Waals surface area contributed by atoms with Crippen molar-refractivity contribution in [3.05, 3.63) is 71.3 Å². The van der Waals surface area contributed by atoms with E-state index in [4.69, 9.17) is 4.74 Å². The van der Waals surface area contributed by atoms with Gasteiger partial charge in [0, 0.05) is 11.1 Å². The molecule has 3 nitrogen and oxygen atoms in total. The number of benzene rings is 2. The standard InChI is InChI=1S/C28H34O3/c29-27(22-13-6-2-7-14-22)24-16-10-15-23(20-24)26(19-21-11-4-1-5-12-21)28(30)31-25-17-8-3-9-18-25/h2,6-7,10,13-16,20-21,25-26H,1,3-5,8-9,11-12,17-19H2. The first-order valence-corrected chi connectivity index (χ1v) is 12.1. The smallest absolute Gasteiger partial charge is 0.313 e. The molecule has 2 saturated carbocycles. The average Bonchev–Trinajstić information content (AvgIpc) is 2.84. The van der Waals surface area contributed by atoms with Crippen LogP contribution in [0.3, 0.4) is 0 Å². The third kappa shape index (κ3) is 5.84. The average molecular weight is 419 g/mol. The van der Waals surface area contributed by atoms with Crippen molar-refractivity contribution in [2.45, 2.75) is 82.7 Å². The zero-order chi connectivity index (χ0) is 21.5. The van der Waals surface area contributed by atoms with Crippen molar-refractivity contribution in [2.24, 2.45) is 5.92 Å². The van der Waals surface area contributed by atoms with E-state index in [1.54, 1.807) is 0 Å². The van der Waals surface area contributed by atoms with Gasteiger partial charge in [-0.05, 0) is 49.7 Å². The Labute approximate surface area is 186 Å². The molecule has 2 fully saturated rings. The van der Waals surface area contributed by atoms with Crippen LogP contribution < -0.4 is 0 Å². The first-order valence-electron chi connectivity index (χ1n) is 12.1. The Kier molecular flexibility index (Phi) is 7.56. The van der Waals surface area contributed by atoms with Crippen molar-refractivity contribution in [1.29, 1.82) is 0 Å². The molecular weight excluding hydrogens is 384 g/mol. The molecule has 0 amide bonds. The highest BCUT2D eigenvalue weighted by Gasteiger charge is 2.30. The lowest BCUT2D eigenvalue weighted by Crippen LogP contribution is -2.27. The van der Waals surface area contributed by atoms with E-state index in [0.717, 1.165) is 37.7 Å². The molecule has 2 aromatic rings. The normalized spacial score (nSPS) is 19.0. The number of ether oxygens (including phenoxy) is 1. The van der Waals surface area contributed by atoms with Crippen molar-refractivity contribution in [3.8, 4) is 0 Å². The van der Waals surface area contributed by atoms with E-state index < -0.39 is 0 Å². The van der Waals surface area contributed by atoms with E-state index in [1.807, 2.05) is 54.6 Å². The minimum atomic E-state index is -0.284. The second-order valence-corrected chi connectivity index (χ2v) is 9.31. The van der Waals surface area contributed by atoms with Crippen LogP contribution in [0.2, 0.25) is 0 Å². The lowest BCUT2D eigenvalue weighted by atomic mass is 9.80. The van der Waals surface area contributed by atoms with E-state index in [9.17, 15) is 9.59 Å². The van der Waals surface area contributed by atoms with Crippen LogP contribution in [0.4, 0.5) is 0 Å². The molecule has 0 spiro atoms. The fourth-order valence-electron chi connectivity index (χ4n) is 5.21. The SMILES string of the molecule is O=C(c1ccccc1)c1cccc(C(CC2CCCCC2)C(=O)OC2CCCCC2)c1. The Balaban J connectivity index is 1.56. The van der Waals surface area contributed by atoms with Crippen molar-refractivity contribution in [2.75, 3.05) is 0 Å². The van der Waals surface area contributed by atoms with Crippen molar-refractivity contribution in [3.63, 3.8) is 0 Å². The lowest BCUT2D eigenvalue weighted by Gasteiger charge is -2.28. The van der Waals surface area contributed by atoms with E-state index in [2.05, 4.69) is 0 Å². The Morgan fingerprint density at radius 3 is 2.13 bits per heavy atom. The third-order valence-corrected chi connectivity index (χ3v) is 7.00. The van der Waals surface area contributed by atoms with Gasteiger partial charge in [-0.25, -0.2) is 0 Å². The van der Waals surface area contributed by atoms with Gasteiger partial charge in [-0.3, -0.25) is 9.59 Å². The maximum atomic E-state index is 13.3. The number of carbonyl (C=O) groups excluding carboxylic acids is 2. The molecule has 0 N–H and O–H groups in total. The summed E-state index contributed by atoms with van der Waals surface area (Å²) in [6, 6.07) is 17.0. The van der Waals surface area contributed by atoms with Gasteiger partial charge in [0.25, 0.3) is 0 Å². The van der Waals surface area contributed by atoms with Gasteiger partial charge in [-0.2, -0.15) is 0 Å². The van der Waals surface area contributed by atoms with Crippen molar-refractivity contribution in [1.82, 2.24) is 0 Å². The Morgan fingerprint density at radius 2 is 1.42 bits per heavy atom. The van der Waals surface area contributed by atoms with Gasteiger partial charge in [0.2, 0.25) is 0 Å². The molecular formula is C28H34O3. The Bertz CT molecular complexity index is 861. The Hall–Kier alpha value is -2.42. The first kappa shape index (κ1) is 21.8.